The molecule has 1 fully saturated rings. The van der Waals surface area contributed by atoms with Crippen LogP contribution in [-0.2, 0) is 28.9 Å². The highest BCUT2D eigenvalue weighted by molar-refractivity contribution is 7.92. The molecule has 6 nitrogen and oxygen atoms in total. The Morgan fingerprint density at radius 2 is 1.68 bits per heavy atom. The fourth-order valence-corrected chi connectivity index (χ4v) is 5.41. The molecule has 0 spiro atoms. The second kappa shape index (κ2) is 7.33. The zero-order valence-electron chi connectivity index (χ0n) is 14.3. The Morgan fingerprint density at radius 1 is 1.12 bits per heavy atom. The van der Waals surface area contributed by atoms with Crippen molar-refractivity contribution in [3.63, 3.8) is 0 Å². The molecule has 1 aromatic rings. The minimum Gasteiger partial charge on any atom is -0.465 e. The van der Waals surface area contributed by atoms with Gasteiger partial charge in [0.25, 0.3) is 0 Å². The molecule has 0 amide bonds. The molecular formula is C17H21ClO6S. The number of halogens is 1. The van der Waals surface area contributed by atoms with E-state index in [4.69, 9.17) is 21.1 Å². The molecule has 2 atom stereocenters. The molecule has 0 saturated heterocycles. The molecule has 1 saturated carbocycles. The maximum Gasteiger partial charge on any atom is 0.325 e. The fourth-order valence-electron chi connectivity index (χ4n) is 3.23. The highest BCUT2D eigenvalue weighted by Crippen LogP contribution is 2.64. The molecule has 0 N–H and O–H groups in total. The Morgan fingerprint density at radius 3 is 2.12 bits per heavy atom. The predicted octanol–water partition coefficient (Wildman–Crippen LogP) is 2.35. The second-order valence-electron chi connectivity index (χ2n) is 5.71. The van der Waals surface area contributed by atoms with Crippen molar-refractivity contribution in [3.8, 4) is 0 Å². The van der Waals surface area contributed by atoms with Crippen LogP contribution in [-0.4, -0.2) is 44.6 Å². The number of hydrogen-bond acceptors (Lipinski definition) is 6. The van der Waals surface area contributed by atoms with Crippen molar-refractivity contribution in [1.82, 2.24) is 0 Å². The first-order chi connectivity index (χ1) is 11.8. The standard InChI is InChI=1S/C17H21ClO6S/c1-4-23-15(19)17(16(20)24-5-2)13(14(17)25(21,22)6-3)11-8-7-9-12(18)10-11/h7-10,13-14H,4-6H2,1-3H3. The SMILES string of the molecule is CCOC(=O)C1(C(=O)OCC)C(c2cccc(Cl)c2)C1S(=O)(=O)CC. The highest BCUT2D eigenvalue weighted by atomic mass is 35.5. The van der Waals surface area contributed by atoms with Crippen molar-refractivity contribution < 1.29 is 27.5 Å². The molecule has 2 rings (SSSR count). The third-order valence-electron chi connectivity index (χ3n) is 4.36. The third-order valence-corrected chi connectivity index (χ3v) is 6.81. The van der Waals surface area contributed by atoms with Gasteiger partial charge in [-0.1, -0.05) is 30.7 Å². The van der Waals surface area contributed by atoms with Crippen molar-refractivity contribution in [2.75, 3.05) is 19.0 Å². The van der Waals surface area contributed by atoms with E-state index in [2.05, 4.69) is 0 Å². The van der Waals surface area contributed by atoms with Crippen LogP contribution >= 0.6 is 11.6 Å². The first-order valence-corrected chi connectivity index (χ1v) is 10.2. The summed E-state index contributed by atoms with van der Waals surface area (Å²) in [4.78, 5) is 25.3. The molecule has 1 aliphatic rings. The molecule has 138 valence electrons. The topological polar surface area (TPSA) is 86.7 Å². The summed E-state index contributed by atoms with van der Waals surface area (Å²) in [5.41, 5.74) is -1.39. The summed E-state index contributed by atoms with van der Waals surface area (Å²) in [5.74, 6) is -2.83. The van der Waals surface area contributed by atoms with Crippen LogP contribution in [0.25, 0.3) is 0 Å². The molecule has 0 bridgehead atoms. The maximum atomic E-state index is 12.7. The minimum atomic E-state index is -3.71. The normalized spacial score (nSPS) is 21.4. The maximum absolute atomic E-state index is 12.7. The van der Waals surface area contributed by atoms with Crippen LogP contribution in [0.5, 0.6) is 0 Å². The van der Waals surface area contributed by atoms with Crippen molar-refractivity contribution in [2.45, 2.75) is 31.9 Å². The molecule has 0 aliphatic heterocycles. The molecule has 1 aliphatic carbocycles. The van der Waals surface area contributed by atoms with Gasteiger partial charge in [-0.15, -0.1) is 0 Å². The van der Waals surface area contributed by atoms with Gasteiger partial charge in [-0.25, -0.2) is 8.42 Å². The monoisotopic (exact) mass is 388 g/mol. The largest absolute Gasteiger partial charge is 0.465 e. The number of sulfone groups is 1. The number of esters is 2. The van der Waals surface area contributed by atoms with E-state index in [1.165, 1.54) is 6.92 Å². The molecular weight excluding hydrogens is 368 g/mol. The number of carbonyl (C=O) groups excluding carboxylic acids is 2. The van der Waals surface area contributed by atoms with Crippen LogP contribution in [0, 0.1) is 5.41 Å². The number of ether oxygens (including phenoxy) is 2. The van der Waals surface area contributed by atoms with Crippen LogP contribution in [0.1, 0.15) is 32.3 Å². The molecule has 0 heterocycles. The molecule has 2 unspecified atom stereocenters. The Bertz CT molecular complexity index is 755. The van der Waals surface area contributed by atoms with Gasteiger partial charge in [-0.05, 0) is 31.5 Å². The molecule has 8 heteroatoms. The van der Waals surface area contributed by atoms with Gasteiger partial charge in [0.05, 0.1) is 18.5 Å². The van der Waals surface area contributed by atoms with Crippen molar-refractivity contribution in [1.29, 1.82) is 0 Å². The van der Waals surface area contributed by atoms with Crippen LogP contribution in [0.3, 0.4) is 0 Å². The van der Waals surface area contributed by atoms with Gasteiger partial charge in [0.1, 0.15) is 0 Å². The van der Waals surface area contributed by atoms with E-state index in [0.717, 1.165) is 0 Å². The Balaban J connectivity index is 2.63. The van der Waals surface area contributed by atoms with E-state index in [9.17, 15) is 18.0 Å². The van der Waals surface area contributed by atoms with Gasteiger partial charge in [-0.2, -0.15) is 0 Å². The summed E-state index contributed by atoms with van der Waals surface area (Å²) < 4.78 is 35.3. The summed E-state index contributed by atoms with van der Waals surface area (Å²) in [6.07, 6.45) is 0. The van der Waals surface area contributed by atoms with Crippen LogP contribution in [0.15, 0.2) is 24.3 Å². The fraction of sp³-hybridized carbons (Fsp3) is 0.529. The minimum absolute atomic E-state index is 0.0289. The van der Waals surface area contributed by atoms with Crippen molar-refractivity contribution in [3.05, 3.63) is 34.9 Å². The average Bonchev–Trinajstić information content (AvgIpc) is 3.28. The lowest BCUT2D eigenvalue weighted by molar-refractivity contribution is -0.164. The Labute approximate surface area is 152 Å². The Hall–Kier alpha value is -1.60. The van der Waals surface area contributed by atoms with Crippen LogP contribution in [0.4, 0.5) is 0 Å². The van der Waals surface area contributed by atoms with E-state index in [1.807, 2.05) is 0 Å². The third kappa shape index (κ3) is 3.27. The summed E-state index contributed by atoms with van der Waals surface area (Å²) in [5, 5.41) is -0.833. The first-order valence-electron chi connectivity index (χ1n) is 8.08. The van der Waals surface area contributed by atoms with Gasteiger partial charge < -0.3 is 9.47 Å². The number of carbonyl (C=O) groups is 2. The Kier molecular flexibility index (Phi) is 5.79. The summed E-state index contributed by atoms with van der Waals surface area (Å²) in [6, 6.07) is 6.49. The quantitative estimate of drug-likeness (QED) is 0.526. The van der Waals surface area contributed by atoms with Gasteiger partial charge in [-0.3, -0.25) is 9.59 Å². The second-order valence-corrected chi connectivity index (χ2v) is 8.56. The van der Waals surface area contributed by atoms with Crippen LogP contribution < -0.4 is 0 Å². The van der Waals surface area contributed by atoms with Gasteiger partial charge in [0.15, 0.2) is 15.3 Å². The van der Waals surface area contributed by atoms with Crippen molar-refractivity contribution in [2.24, 2.45) is 5.41 Å². The number of rotatable bonds is 7. The number of benzene rings is 1. The van der Waals surface area contributed by atoms with E-state index in [0.29, 0.717) is 10.6 Å². The van der Waals surface area contributed by atoms with E-state index < -0.39 is 38.4 Å². The van der Waals surface area contributed by atoms with Crippen LogP contribution in [0.2, 0.25) is 5.02 Å². The van der Waals surface area contributed by atoms with Gasteiger partial charge >= 0.3 is 11.9 Å². The molecule has 1 aromatic carbocycles. The zero-order chi connectivity index (χ0) is 18.8. The molecule has 0 aromatic heterocycles. The number of hydrogen-bond donors (Lipinski definition) is 0. The average molecular weight is 389 g/mol. The summed E-state index contributed by atoms with van der Waals surface area (Å²) >= 11 is 6.01. The van der Waals surface area contributed by atoms with Gasteiger partial charge in [0.2, 0.25) is 0 Å². The highest BCUT2D eigenvalue weighted by Gasteiger charge is 2.81. The lowest BCUT2D eigenvalue weighted by Gasteiger charge is -2.15. The lowest BCUT2D eigenvalue weighted by Crippen LogP contribution is -2.36. The molecule has 25 heavy (non-hydrogen) atoms. The first kappa shape index (κ1) is 19.7. The smallest absolute Gasteiger partial charge is 0.325 e. The predicted molar refractivity (Wildman–Crippen MR) is 93.1 cm³/mol. The van der Waals surface area contributed by atoms with E-state index in [-0.39, 0.29) is 19.0 Å². The van der Waals surface area contributed by atoms with E-state index >= 15 is 0 Å². The summed E-state index contributed by atoms with van der Waals surface area (Å²) in [7, 11) is -3.71. The van der Waals surface area contributed by atoms with Gasteiger partial charge in [0, 0.05) is 16.7 Å². The van der Waals surface area contributed by atoms with Crippen molar-refractivity contribution >= 4 is 33.4 Å². The van der Waals surface area contributed by atoms with E-state index in [1.54, 1.807) is 38.1 Å². The zero-order valence-corrected chi connectivity index (χ0v) is 15.9. The lowest BCUT2D eigenvalue weighted by atomic mass is 9.99. The summed E-state index contributed by atoms with van der Waals surface area (Å²) in [6.45, 7) is 4.72. The molecule has 0 radical (unpaired) electrons.